The minimum Gasteiger partial charge on any atom is -0.463 e. The van der Waals surface area contributed by atoms with Crippen molar-refractivity contribution in [3.05, 3.63) is 0 Å². The van der Waals surface area contributed by atoms with Crippen molar-refractivity contribution in [1.82, 2.24) is 0 Å². The number of carbonyl (C=O) groups excluding carboxylic acids is 7. The van der Waals surface area contributed by atoms with Crippen molar-refractivity contribution in [1.29, 1.82) is 0 Å². The van der Waals surface area contributed by atoms with E-state index in [4.69, 9.17) is 47.4 Å². The van der Waals surface area contributed by atoms with Crippen LogP contribution in [-0.4, -0.2) is 114 Å². The van der Waals surface area contributed by atoms with Crippen LogP contribution in [0.4, 0.5) is 0 Å². The molecule has 0 unspecified atom stereocenters. The molecule has 10 atom stereocenters. The van der Waals surface area contributed by atoms with Crippen molar-refractivity contribution in [2.24, 2.45) is 0 Å². The predicted molar refractivity (Wildman–Crippen MR) is 147 cm³/mol. The molecule has 2 fully saturated rings. The summed E-state index contributed by atoms with van der Waals surface area (Å²) in [4.78, 5) is 83.8. The first-order valence-corrected chi connectivity index (χ1v) is 14.5. The lowest BCUT2D eigenvalue weighted by Crippen LogP contribution is -2.66. The zero-order valence-electron chi connectivity index (χ0n) is 25.0. The number of esters is 7. The SMILES string of the molecule is CC(=O)OC[C@H]1O[C@H](I)[C@H](OC(C)=O)[C@@H](OC(C)=O)[C@@H]1O[C@H]1O[C@H](COC(C)=O)[C@@H](OC(C)=O)[C@H](OC(C)=O)[C@H]1OC(C)=O. The third-order valence-corrected chi connectivity index (χ3v) is 6.87. The molecule has 0 saturated carbocycles. The van der Waals surface area contributed by atoms with E-state index in [9.17, 15) is 33.6 Å². The molecule has 17 nitrogen and oxygen atoms in total. The van der Waals surface area contributed by atoms with Crippen LogP contribution in [0, 0.1) is 0 Å². The molecule has 2 rings (SSSR count). The van der Waals surface area contributed by atoms with Crippen molar-refractivity contribution in [2.75, 3.05) is 13.2 Å². The van der Waals surface area contributed by atoms with E-state index < -0.39 is 114 Å². The van der Waals surface area contributed by atoms with Crippen LogP contribution >= 0.6 is 22.6 Å². The van der Waals surface area contributed by atoms with Crippen molar-refractivity contribution in [3.63, 3.8) is 0 Å². The van der Waals surface area contributed by atoms with Crippen LogP contribution in [0.1, 0.15) is 48.5 Å². The van der Waals surface area contributed by atoms with Crippen LogP contribution in [0.5, 0.6) is 0 Å². The van der Waals surface area contributed by atoms with Crippen molar-refractivity contribution in [2.45, 2.75) is 108 Å². The fourth-order valence-corrected chi connectivity index (χ4v) is 5.39. The lowest BCUT2D eigenvalue weighted by molar-refractivity contribution is -0.340. The largest absolute Gasteiger partial charge is 0.463 e. The molecule has 0 N–H and O–H groups in total. The molecule has 0 spiro atoms. The number of ether oxygens (including phenoxy) is 10. The maximum atomic E-state index is 12.2. The number of alkyl halides is 1. The van der Waals surface area contributed by atoms with Crippen molar-refractivity contribution < 1.29 is 80.9 Å². The highest BCUT2D eigenvalue weighted by Gasteiger charge is 2.57. The molecule has 248 valence electrons. The van der Waals surface area contributed by atoms with Gasteiger partial charge in [0.1, 0.15) is 35.6 Å². The van der Waals surface area contributed by atoms with Gasteiger partial charge in [-0.05, 0) is 22.6 Å². The molecule has 0 radical (unpaired) electrons. The Morgan fingerprint density at radius 1 is 0.477 bits per heavy atom. The fourth-order valence-electron chi connectivity index (χ4n) is 4.46. The maximum Gasteiger partial charge on any atom is 0.303 e. The summed E-state index contributed by atoms with van der Waals surface area (Å²) in [6.07, 6.45) is -13.0. The average molecular weight is 746 g/mol. The summed E-state index contributed by atoms with van der Waals surface area (Å²) in [5.41, 5.74) is 0. The molecule has 0 aliphatic carbocycles. The summed E-state index contributed by atoms with van der Waals surface area (Å²) >= 11 is 1.80. The lowest BCUT2D eigenvalue weighted by Gasteiger charge is -2.48. The highest BCUT2D eigenvalue weighted by atomic mass is 127. The standard InChI is InChI=1S/C26H35IO17/c1-10(28)35-8-17-20(21(38-13(4)31)23(25(27)42-17)40-15(6)33)44-26-24(41-16(7)34)22(39-14(5)32)19(37-12(3)30)18(43-26)9-36-11(2)29/h17-26H,8-9H2,1-7H3/t17-,18-,19-,20-,21+,22+,23-,24-,25+,26-/m1/s1. The first-order chi connectivity index (χ1) is 20.5. The summed E-state index contributed by atoms with van der Waals surface area (Å²) in [6.45, 7) is 6.66. The normalized spacial score (nSPS) is 31.5. The second kappa shape index (κ2) is 16.8. The fraction of sp³-hybridized carbons (Fsp3) is 0.731. The van der Waals surface area contributed by atoms with Crippen LogP contribution < -0.4 is 0 Å². The van der Waals surface area contributed by atoms with Gasteiger partial charge in [0.05, 0.1) is 0 Å². The summed E-state index contributed by atoms with van der Waals surface area (Å²) < 4.78 is 54.4. The molecular formula is C26H35IO17. The highest BCUT2D eigenvalue weighted by Crippen LogP contribution is 2.36. The van der Waals surface area contributed by atoms with E-state index in [0.29, 0.717) is 0 Å². The van der Waals surface area contributed by atoms with E-state index in [1.54, 1.807) is 22.6 Å². The minimum atomic E-state index is -1.72. The zero-order valence-corrected chi connectivity index (χ0v) is 27.2. The second-order valence-electron chi connectivity index (χ2n) is 9.64. The van der Waals surface area contributed by atoms with Crippen LogP contribution in [0.3, 0.4) is 0 Å². The average Bonchev–Trinajstić information content (AvgIpc) is 2.87. The van der Waals surface area contributed by atoms with Gasteiger partial charge in [0, 0.05) is 48.5 Å². The van der Waals surface area contributed by atoms with Gasteiger partial charge in [-0.2, -0.15) is 0 Å². The van der Waals surface area contributed by atoms with Crippen LogP contribution in [0.15, 0.2) is 0 Å². The Labute approximate surface area is 265 Å². The van der Waals surface area contributed by atoms with Crippen LogP contribution in [-0.2, 0) is 80.9 Å². The van der Waals surface area contributed by atoms with E-state index in [-0.39, 0.29) is 0 Å². The Balaban J connectivity index is 2.66. The van der Waals surface area contributed by atoms with Gasteiger partial charge in [-0.25, -0.2) is 0 Å². The summed E-state index contributed by atoms with van der Waals surface area (Å²) in [7, 11) is 0. The Bertz CT molecular complexity index is 1090. The van der Waals surface area contributed by atoms with E-state index in [0.717, 1.165) is 48.5 Å². The Hall–Kier alpha value is -3.10. The molecular weight excluding hydrogens is 711 g/mol. The number of hydrogen-bond acceptors (Lipinski definition) is 17. The summed E-state index contributed by atoms with van der Waals surface area (Å²) in [5.74, 6) is -5.56. The Morgan fingerprint density at radius 3 is 1.27 bits per heavy atom. The van der Waals surface area contributed by atoms with Gasteiger partial charge in [-0.15, -0.1) is 0 Å². The lowest BCUT2D eigenvalue weighted by atomic mass is 9.96. The van der Waals surface area contributed by atoms with E-state index in [1.165, 1.54) is 0 Å². The smallest absolute Gasteiger partial charge is 0.303 e. The number of hydrogen-bond donors (Lipinski definition) is 0. The van der Waals surface area contributed by atoms with Crippen molar-refractivity contribution in [3.8, 4) is 0 Å². The first kappa shape index (κ1) is 37.1. The van der Waals surface area contributed by atoms with E-state index in [1.807, 2.05) is 0 Å². The van der Waals surface area contributed by atoms with Crippen LogP contribution in [0.2, 0.25) is 0 Å². The zero-order chi connectivity index (χ0) is 33.3. The molecule has 2 heterocycles. The predicted octanol–water partition coefficient (Wildman–Crippen LogP) is 0.0411. The topological polar surface area (TPSA) is 212 Å². The first-order valence-electron chi connectivity index (χ1n) is 13.2. The molecule has 0 bridgehead atoms. The van der Waals surface area contributed by atoms with E-state index >= 15 is 0 Å². The number of carbonyl (C=O) groups is 7. The molecule has 0 amide bonds. The molecule has 2 aliphatic heterocycles. The van der Waals surface area contributed by atoms with Gasteiger partial charge >= 0.3 is 41.8 Å². The Kier molecular flexibility index (Phi) is 14.2. The second-order valence-corrected chi connectivity index (χ2v) is 10.9. The maximum absolute atomic E-state index is 12.2. The minimum absolute atomic E-state index is 0.435. The third-order valence-electron chi connectivity index (χ3n) is 5.87. The molecule has 0 aromatic heterocycles. The molecule has 2 aliphatic rings. The van der Waals surface area contributed by atoms with Gasteiger partial charge in [0.15, 0.2) is 36.8 Å². The van der Waals surface area contributed by atoms with Gasteiger partial charge < -0.3 is 47.4 Å². The molecule has 18 heteroatoms. The molecule has 2 saturated heterocycles. The monoisotopic (exact) mass is 746 g/mol. The van der Waals surface area contributed by atoms with Crippen molar-refractivity contribution >= 4 is 64.4 Å². The molecule has 0 aromatic rings. The summed E-state index contributed by atoms with van der Waals surface area (Å²) in [6, 6.07) is 0. The Morgan fingerprint density at radius 2 is 0.841 bits per heavy atom. The summed E-state index contributed by atoms with van der Waals surface area (Å²) in [5, 5.41) is 0. The number of halogens is 1. The highest BCUT2D eigenvalue weighted by molar-refractivity contribution is 14.1. The van der Waals surface area contributed by atoms with Gasteiger partial charge in [0.2, 0.25) is 0 Å². The quantitative estimate of drug-likeness (QED) is 0.118. The van der Waals surface area contributed by atoms with Gasteiger partial charge in [0.25, 0.3) is 0 Å². The van der Waals surface area contributed by atoms with E-state index in [2.05, 4.69) is 0 Å². The molecule has 44 heavy (non-hydrogen) atoms. The van der Waals surface area contributed by atoms with Gasteiger partial charge in [-0.1, -0.05) is 0 Å². The third kappa shape index (κ3) is 11.1. The van der Waals surface area contributed by atoms with Gasteiger partial charge in [-0.3, -0.25) is 33.6 Å². The number of rotatable bonds is 11. The molecule has 0 aromatic carbocycles. The van der Waals surface area contributed by atoms with Crippen LogP contribution in [0.25, 0.3) is 0 Å².